The van der Waals surface area contributed by atoms with E-state index < -0.39 is 28.5 Å². The maximum atomic E-state index is 14.1. The van der Waals surface area contributed by atoms with Crippen LogP contribution >= 0.6 is 46.4 Å². The summed E-state index contributed by atoms with van der Waals surface area (Å²) in [7, 11) is -3.98. The molecule has 0 aromatic heterocycles. The van der Waals surface area contributed by atoms with Gasteiger partial charge < -0.3 is 10.2 Å². The third-order valence-electron chi connectivity index (χ3n) is 6.17. The molecule has 1 atom stereocenters. The van der Waals surface area contributed by atoms with Crippen molar-refractivity contribution in [1.29, 1.82) is 0 Å². The normalized spacial score (nSPS) is 12.2. The van der Waals surface area contributed by atoms with E-state index in [4.69, 9.17) is 46.4 Å². The Labute approximate surface area is 261 Å². The van der Waals surface area contributed by atoms with Crippen LogP contribution in [0.5, 0.6) is 0 Å². The van der Waals surface area contributed by atoms with Gasteiger partial charge in [-0.15, -0.1) is 0 Å². The molecule has 0 saturated carbocycles. The van der Waals surface area contributed by atoms with Crippen molar-refractivity contribution in [3.8, 4) is 0 Å². The van der Waals surface area contributed by atoms with E-state index in [1.807, 2.05) is 44.2 Å². The summed E-state index contributed by atoms with van der Waals surface area (Å²) in [5.41, 5.74) is 1.44. The molecule has 0 fully saturated rings. The Morgan fingerprint density at radius 3 is 2.05 bits per heavy atom. The predicted molar refractivity (Wildman–Crippen MR) is 167 cm³/mol. The lowest BCUT2D eigenvalue weighted by Gasteiger charge is -2.34. The van der Waals surface area contributed by atoms with Crippen LogP contribution in [-0.4, -0.2) is 50.5 Å². The number of benzene rings is 3. The standard InChI is InChI=1S/C29H31Cl4N3O4S/c1-19(2)16-34-29(38)27(13-20-7-5-4-6-8-20)35(17-21-9-10-22(30)14-24(21)32)28(37)18-36(41(3,39)40)26-12-11-23(31)15-25(26)33/h4-12,14-15,19,27H,13,16-18H2,1-3H3,(H,34,38). The van der Waals surface area contributed by atoms with Gasteiger partial charge >= 0.3 is 0 Å². The van der Waals surface area contributed by atoms with E-state index in [1.165, 1.54) is 23.1 Å². The minimum atomic E-state index is -3.98. The Kier molecular flexibility index (Phi) is 11.8. The van der Waals surface area contributed by atoms with Crippen LogP contribution in [0, 0.1) is 5.92 Å². The molecule has 1 N–H and O–H groups in total. The molecular weight excluding hydrogens is 628 g/mol. The van der Waals surface area contributed by atoms with Crippen LogP contribution in [0.2, 0.25) is 20.1 Å². The van der Waals surface area contributed by atoms with E-state index in [-0.39, 0.29) is 35.5 Å². The highest BCUT2D eigenvalue weighted by Crippen LogP contribution is 2.31. The molecule has 41 heavy (non-hydrogen) atoms. The molecular formula is C29H31Cl4N3O4S. The number of hydrogen-bond donors (Lipinski definition) is 1. The Balaban J connectivity index is 2.09. The molecule has 0 radical (unpaired) electrons. The lowest BCUT2D eigenvalue weighted by molar-refractivity contribution is -0.140. The lowest BCUT2D eigenvalue weighted by atomic mass is 10.0. The molecule has 0 bridgehead atoms. The third-order valence-corrected chi connectivity index (χ3v) is 8.42. The number of amides is 2. The zero-order valence-electron chi connectivity index (χ0n) is 22.8. The van der Waals surface area contributed by atoms with E-state index >= 15 is 0 Å². The number of carbonyl (C=O) groups excluding carboxylic acids is 2. The summed E-state index contributed by atoms with van der Waals surface area (Å²) in [5, 5.41) is 4.00. The molecule has 7 nitrogen and oxygen atoms in total. The fourth-order valence-corrected chi connectivity index (χ4v) is 5.98. The van der Waals surface area contributed by atoms with Crippen molar-refractivity contribution in [3.63, 3.8) is 0 Å². The maximum absolute atomic E-state index is 14.1. The van der Waals surface area contributed by atoms with E-state index in [1.54, 1.807) is 18.2 Å². The van der Waals surface area contributed by atoms with Crippen LogP contribution < -0.4 is 9.62 Å². The first-order chi connectivity index (χ1) is 19.3. The molecule has 0 saturated heterocycles. The van der Waals surface area contributed by atoms with Crippen molar-refractivity contribution in [3.05, 3.63) is 97.9 Å². The number of nitrogens with one attached hydrogen (secondary N) is 1. The fraction of sp³-hybridized carbons (Fsp3) is 0.310. The van der Waals surface area contributed by atoms with Gasteiger partial charge in [0.25, 0.3) is 0 Å². The van der Waals surface area contributed by atoms with Crippen molar-refractivity contribution in [2.45, 2.75) is 32.9 Å². The van der Waals surface area contributed by atoms with Crippen LogP contribution in [0.25, 0.3) is 0 Å². The largest absolute Gasteiger partial charge is 0.354 e. The minimum absolute atomic E-state index is 0.0542. The predicted octanol–water partition coefficient (Wildman–Crippen LogP) is 6.48. The highest BCUT2D eigenvalue weighted by atomic mass is 35.5. The highest BCUT2D eigenvalue weighted by Gasteiger charge is 2.34. The monoisotopic (exact) mass is 657 g/mol. The van der Waals surface area contributed by atoms with Crippen molar-refractivity contribution in [2.75, 3.05) is 23.7 Å². The topological polar surface area (TPSA) is 86.8 Å². The average Bonchev–Trinajstić information content (AvgIpc) is 2.89. The van der Waals surface area contributed by atoms with Gasteiger partial charge in [-0.2, -0.15) is 0 Å². The van der Waals surface area contributed by atoms with Gasteiger partial charge in [-0.25, -0.2) is 8.42 Å². The van der Waals surface area contributed by atoms with Crippen LogP contribution in [0.15, 0.2) is 66.7 Å². The first kappa shape index (κ1) is 33.0. The number of carbonyl (C=O) groups is 2. The molecule has 3 aromatic rings. The molecule has 0 spiro atoms. The molecule has 0 aliphatic rings. The Bertz CT molecular complexity index is 1490. The van der Waals surface area contributed by atoms with Gasteiger partial charge in [0.05, 0.1) is 17.0 Å². The molecule has 3 aromatic carbocycles. The summed E-state index contributed by atoms with van der Waals surface area (Å²) in [5.74, 6) is -0.844. The summed E-state index contributed by atoms with van der Waals surface area (Å²) in [6, 6.07) is 17.4. The second-order valence-electron chi connectivity index (χ2n) is 9.97. The van der Waals surface area contributed by atoms with Gasteiger partial charge in [0.1, 0.15) is 12.6 Å². The summed E-state index contributed by atoms with van der Waals surface area (Å²) < 4.78 is 26.7. The van der Waals surface area contributed by atoms with Crippen LogP contribution in [0.4, 0.5) is 5.69 Å². The molecule has 220 valence electrons. The van der Waals surface area contributed by atoms with E-state index in [9.17, 15) is 18.0 Å². The van der Waals surface area contributed by atoms with Crippen molar-refractivity contribution >= 4 is 73.9 Å². The molecule has 1 unspecified atom stereocenters. The zero-order chi connectivity index (χ0) is 30.3. The number of anilines is 1. The Hall–Kier alpha value is -2.49. The van der Waals surface area contributed by atoms with Crippen LogP contribution in [0.1, 0.15) is 25.0 Å². The summed E-state index contributed by atoms with van der Waals surface area (Å²) in [6.45, 7) is 3.62. The third kappa shape index (κ3) is 9.51. The van der Waals surface area contributed by atoms with Gasteiger partial charge in [0.15, 0.2) is 0 Å². The molecule has 3 rings (SSSR count). The second-order valence-corrected chi connectivity index (χ2v) is 13.6. The highest BCUT2D eigenvalue weighted by molar-refractivity contribution is 7.92. The first-order valence-corrected chi connectivity index (χ1v) is 16.1. The molecule has 0 heterocycles. The number of hydrogen-bond acceptors (Lipinski definition) is 4. The van der Waals surface area contributed by atoms with Gasteiger partial charge in [-0.1, -0.05) is 96.6 Å². The number of rotatable bonds is 12. The SMILES string of the molecule is CC(C)CNC(=O)C(Cc1ccccc1)N(Cc1ccc(Cl)cc1Cl)C(=O)CN(c1ccc(Cl)cc1Cl)S(C)(=O)=O. The molecule has 2 amide bonds. The second kappa shape index (κ2) is 14.6. The van der Waals surface area contributed by atoms with Crippen LogP contribution in [0.3, 0.4) is 0 Å². The summed E-state index contributed by atoms with van der Waals surface area (Å²) in [4.78, 5) is 29.1. The minimum Gasteiger partial charge on any atom is -0.354 e. The van der Waals surface area contributed by atoms with E-state index in [2.05, 4.69) is 5.32 Å². The molecule has 0 aliphatic carbocycles. The number of halogens is 4. The van der Waals surface area contributed by atoms with Gasteiger partial charge in [-0.05, 0) is 47.4 Å². The summed E-state index contributed by atoms with van der Waals surface area (Å²) in [6.07, 6.45) is 1.16. The molecule has 12 heteroatoms. The Morgan fingerprint density at radius 2 is 1.49 bits per heavy atom. The Morgan fingerprint density at radius 1 is 0.878 bits per heavy atom. The average molecular weight is 659 g/mol. The fourth-order valence-electron chi connectivity index (χ4n) is 4.09. The van der Waals surface area contributed by atoms with E-state index in [0.717, 1.165) is 16.1 Å². The van der Waals surface area contributed by atoms with Crippen molar-refractivity contribution in [1.82, 2.24) is 10.2 Å². The molecule has 0 aliphatic heterocycles. The van der Waals surface area contributed by atoms with Crippen molar-refractivity contribution in [2.24, 2.45) is 5.92 Å². The van der Waals surface area contributed by atoms with Gasteiger partial charge in [0, 0.05) is 34.6 Å². The maximum Gasteiger partial charge on any atom is 0.244 e. The van der Waals surface area contributed by atoms with E-state index in [0.29, 0.717) is 27.2 Å². The quantitative estimate of drug-likeness (QED) is 0.241. The lowest BCUT2D eigenvalue weighted by Crippen LogP contribution is -2.53. The summed E-state index contributed by atoms with van der Waals surface area (Å²) >= 11 is 24.9. The van der Waals surface area contributed by atoms with Gasteiger partial charge in [0.2, 0.25) is 21.8 Å². The van der Waals surface area contributed by atoms with Crippen molar-refractivity contribution < 1.29 is 18.0 Å². The number of nitrogens with zero attached hydrogens (tertiary/aromatic N) is 2. The number of sulfonamides is 1. The van der Waals surface area contributed by atoms with Gasteiger partial charge in [-0.3, -0.25) is 13.9 Å². The zero-order valence-corrected chi connectivity index (χ0v) is 26.6. The first-order valence-electron chi connectivity index (χ1n) is 12.7. The smallest absolute Gasteiger partial charge is 0.244 e. The van der Waals surface area contributed by atoms with Crippen LogP contribution in [-0.2, 0) is 32.6 Å².